The maximum absolute atomic E-state index is 11.8. The predicted octanol–water partition coefficient (Wildman–Crippen LogP) is 0.460. The summed E-state index contributed by atoms with van der Waals surface area (Å²) in [6.45, 7) is -0.238. The van der Waals surface area contributed by atoms with E-state index in [-0.39, 0.29) is 5.76 Å². The van der Waals surface area contributed by atoms with E-state index in [1.165, 1.54) is 14.2 Å². The second-order valence-electron chi connectivity index (χ2n) is 5.53. The van der Waals surface area contributed by atoms with E-state index in [0.717, 1.165) is 17.7 Å². The van der Waals surface area contributed by atoms with E-state index in [1.807, 2.05) is 6.07 Å². The molecule has 3 N–H and O–H groups in total. The van der Waals surface area contributed by atoms with Crippen LogP contribution in [0, 0.1) is 0 Å². The number of esters is 1. The van der Waals surface area contributed by atoms with E-state index < -0.39 is 33.6 Å². The molecule has 0 bridgehead atoms. The Balaban J connectivity index is 1.78. The largest absolute Gasteiger partial charge is 0.493 e. The molecule has 0 saturated heterocycles. The number of methoxy groups -OCH3 is 2. The third-order valence-electron chi connectivity index (χ3n) is 3.58. The van der Waals surface area contributed by atoms with E-state index in [4.69, 9.17) is 23.8 Å². The number of sulfonamides is 1. The Morgan fingerprint density at radius 1 is 1.11 bits per heavy atom. The zero-order valence-electron chi connectivity index (χ0n) is 15.3. The minimum absolute atomic E-state index is 0.308. The van der Waals surface area contributed by atoms with Crippen molar-refractivity contribution in [1.29, 1.82) is 0 Å². The topological polar surface area (TPSA) is 147 Å². The highest BCUT2D eigenvalue weighted by Gasteiger charge is 2.19. The van der Waals surface area contributed by atoms with Gasteiger partial charge in [0.2, 0.25) is 10.9 Å². The quantitative estimate of drug-likeness (QED) is 0.565. The summed E-state index contributed by atoms with van der Waals surface area (Å²) < 4.78 is 42.1. The van der Waals surface area contributed by atoms with Gasteiger partial charge in [-0.25, -0.2) is 18.4 Å². The molecule has 0 radical (unpaired) electrons. The molecular formula is C17H20N2O8S. The van der Waals surface area contributed by atoms with Crippen molar-refractivity contribution in [3.8, 4) is 11.5 Å². The summed E-state index contributed by atoms with van der Waals surface area (Å²) in [5, 5.41) is 6.91. The number of benzene rings is 1. The first-order valence-electron chi connectivity index (χ1n) is 8.02. The summed E-state index contributed by atoms with van der Waals surface area (Å²) in [5.41, 5.74) is 0.918. The molecule has 2 aromatic rings. The fraction of sp³-hybridized carbons (Fsp3) is 0.294. The van der Waals surface area contributed by atoms with E-state index in [0.29, 0.717) is 24.5 Å². The average Bonchev–Trinajstić information content (AvgIpc) is 3.16. The van der Waals surface area contributed by atoms with E-state index >= 15 is 0 Å². The van der Waals surface area contributed by atoms with Crippen molar-refractivity contribution in [2.75, 3.05) is 27.4 Å². The molecule has 0 aliphatic rings. The van der Waals surface area contributed by atoms with Crippen LogP contribution >= 0.6 is 0 Å². The highest BCUT2D eigenvalue weighted by molar-refractivity contribution is 7.89. The molecule has 0 spiro atoms. The number of primary sulfonamides is 1. The van der Waals surface area contributed by atoms with Crippen LogP contribution in [0.1, 0.15) is 16.1 Å². The fourth-order valence-corrected chi connectivity index (χ4v) is 2.68. The van der Waals surface area contributed by atoms with Crippen molar-refractivity contribution in [2.45, 2.75) is 11.5 Å². The molecule has 10 nitrogen and oxygen atoms in total. The number of rotatable bonds is 9. The lowest BCUT2D eigenvalue weighted by Crippen LogP contribution is -2.30. The van der Waals surface area contributed by atoms with Crippen molar-refractivity contribution in [2.24, 2.45) is 5.14 Å². The lowest BCUT2D eigenvalue weighted by atomic mass is 10.1. The Kier molecular flexibility index (Phi) is 7.01. The number of furan rings is 1. The summed E-state index contributed by atoms with van der Waals surface area (Å²) in [6, 6.07) is 7.52. The van der Waals surface area contributed by atoms with Gasteiger partial charge in [0.1, 0.15) is 0 Å². The molecule has 11 heteroatoms. The van der Waals surface area contributed by atoms with E-state index in [1.54, 1.807) is 12.1 Å². The number of hydrogen-bond acceptors (Lipinski definition) is 8. The van der Waals surface area contributed by atoms with Gasteiger partial charge in [0.25, 0.3) is 15.9 Å². The van der Waals surface area contributed by atoms with Gasteiger partial charge in [-0.15, -0.1) is 0 Å². The molecule has 0 aliphatic heterocycles. The molecule has 0 saturated carbocycles. The van der Waals surface area contributed by atoms with Crippen LogP contribution in [0.4, 0.5) is 0 Å². The molecule has 0 aliphatic carbocycles. The molecule has 28 heavy (non-hydrogen) atoms. The Labute approximate surface area is 161 Å². The van der Waals surface area contributed by atoms with Gasteiger partial charge in [-0.05, 0) is 36.2 Å². The van der Waals surface area contributed by atoms with Gasteiger partial charge in [0, 0.05) is 6.54 Å². The zero-order valence-corrected chi connectivity index (χ0v) is 16.1. The number of hydrogen-bond donors (Lipinski definition) is 2. The summed E-state index contributed by atoms with van der Waals surface area (Å²) in [7, 11) is -0.996. The van der Waals surface area contributed by atoms with Gasteiger partial charge in [0.05, 0.1) is 14.2 Å². The molecule has 1 aromatic heterocycles. The van der Waals surface area contributed by atoms with Gasteiger partial charge in [0.15, 0.2) is 18.1 Å². The first kappa shape index (κ1) is 21.3. The third kappa shape index (κ3) is 5.72. The highest BCUT2D eigenvalue weighted by Crippen LogP contribution is 2.27. The van der Waals surface area contributed by atoms with Crippen LogP contribution in [0.15, 0.2) is 39.8 Å². The molecule has 2 rings (SSSR count). The molecule has 0 fully saturated rings. The second-order valence-corrected chi connectivity index (χ2v) is 7.02. The number of nitrogens with two attached hydrogens (primary N) is 1. The summed E-state index contributed by atoms with van der Waals surface area (Å²) in [5.74, 6) is -0.692. The second kappa shape index (κ2) is 9.24. The van der Waals surface area contributed by atoms with Crippen LogP contribution in [0.2, 0.25) is 0 Å². The lowest BCUT2D eigenvalue weighted by molar-refractivity contribution is -0.124. The molecule has 1 aromatic carbocycles. The van der Waals surface area contributed by atoms with Crippen molar-refractivity contribution in [3.05, 3.63) is 41.7 Å². The summed E-state index contributed by atoms with van der Waals surface area (Å²) in [6.07, 6.45) is 0.524. The molecule has 1 heterocycles. The molecule has 152 valence electrons. The molecule has 1 amide bonds. The third-order valence-corrected chi connectivity index (χ3v) is 4.36. The Morgan fingerprint density at radius 2 is 1.82 bits per heavy atom. The smallest absolute Gasteiger partial charge is 0.374 e. The molecule has 0 unspecified atom stereocenters. The van der Waals surface area contributed by atoms with Crippen LogP contribution in [0.3, 0.4) is 0 Å². The van der Waals surface area contributed by atoms with Crippen molar-refractivity contribution in [3.63, 3.8) is 0 Å². The van der Waals surface area contributed by atoms with Gasteiger partial charge in [-0.3, -0.25) is 4.79 Å². The number of carbonyl (C=O) groups is 2. The number of nitrogens with one attached hydrogen (secondary N) is 1. The van der Waals surface area contributed by atoms with Gasteiger partial charge in [-0.2, -0.15) is 0 Å². The number of amides is 1. The average molecular weight is 412 g/mol. The van der Waals surface area contributed by atoms with Crippen LogP contribution < -0.4 is 19.9 Å². The maximum Gasteiger partial charge on any atom is 0.374 e. The minimum atomic E-state index is -4.07. The van der Waals surface area contributed by atoms with Crippen LogP contribution in [0.5, 0.6) is 11.5 Å². The summed E-state index contributed by atoms with van der Waals surface area (Å²) >= 11 is 0. The van der Waals surface area contributed by atoms with Gasteiger partial charge >= 0.3 is 5.97 Å². The zero-order chi connectivity index (χ0) is 20.7. The first-order chi connectivity index (χ1) is 13.2. The monoisotopic (exact) mass is 412 g/mol. The van der Waals surface area contributed by atoms with Crippen molar-refractivity contribution in [1.82, 2.24) is 5.32 Å². The van der Waals surface area contributed by atoms with Crippen molar-refractivity contribution >= 4 is 21.9 Å². The van der Waals surface area contributed by atoms with Crippen molar-refractivity contribution < 1.29 is 36.6 Å². The maximum atomic E-state index is 11.8. The van der Waals surface area contributed by atoms with Gasteiger partial charge < -0.3 is 23.9 Å². The first-order valence-corrected chi connectivity index (χ1v) is 9.56. The summed E-state index contributed by atoms with van der Waals surface area (Å²) in [4.78, 5) is 23.5. The van der Waals surface area contributed by atoms with Crippen LogP contribution in [0.25, 0.3) is 0 Å². The van der Waals surface area contributed by atoms with Crippen LogP contribution in [-0.2, 0) is 26.0 Å². The fourth-order valence-electron chi connectivity index (χ4n) is 2.22. The Morgan fingerprint density at radius 3 is 2.43 bits per heavy atom. The van der Waals surface area contributed by atoms with E-state index in [9.17, 15) is 18.0 Å². The number of ether oxygens (including phenoxy) is 3. The molecule has 0 atom stereocenters. The van der Waals surface area contributed by atoms with Gasteiger partial charge in [-0.1, -0.05) is 6.07 Å². The normalized spacial score (nSPS) is 11.0. The Bertz CT molecular complexity index is 952. The lowest BCUT2D eigenvalue weighted by Gasteiger charge is -2.10. The Hall–Kier alpha value is -3.05. The van der Waals surface area contributed by atoms with E-state index in [2.05, 4.69) is 5.32 Å². The highest BCUT2D eigenvalue weighted by atomic mass is 32.2. The predicted molar refractivity (Wildman–Crippen MR) is 96.6 cm³/mol. The standard InChI is InChI=1S/C17H20N2O8S/c1-24-12-4-3-11(9-14(12)25-2)7-8-19-15(20)10-26-17(21)13-5-6-16(27-13)28(18,22)23/h3-6,9H,7-8,10H2,1-2H3,(H,19,20)(H2,18,22,23). The SMILES string of the molecule is COc1ccc(CCNC(=O)COC(=O)c2ccc(S(N)(=O)=O)o2)cc1OC. The number of carbonyl (C=O) groups excluding carboxylic acids is 2. The minimum Gasteiger partial charge on any atom is -0.493 e. The molecular weight excluding hydrogens is 392 g/mol. The van der Waals surface area contributed by atoms with Crippen LogP contribution in [-0.4, -0.2) is 47.7 Å².